The summed E-state index contributed by atoms with van der Waals surface area (Å²) in [7, 11) is 1.52. The number of phenolic OH excluding ortho intramolecular Hbond substituents is 1. The second kappa shape index (κ2) is 13.8. The Morgan fingerprint density at radius 1 is 1.06 bits per heavy atom. The van der Waals surface area contributed by atoms with E-state index in [4.69, 9.17) is 9.47 Å². The second-order valence-corrected chi connectivity index (χ2v) is 8.20. The zero-order valence-corrected chi connectivity index (χ0v) is 22.2. The van der Waals surface area contributed by atoms with Crippen molar-refractivity contribution in [3.63, 3.8) is 0 Å². The quantitative estimate of drug-likeness (QED) is 0.209. The van der Waals surface area contributed by atoms with Crippen molar-refractivity contribution in [3.05, 3.63) is 53.6 Å². The van der Waals surface area contributed by atoms with Crippen LogP contribution in [-0.2, 0) is 17.7 Å². The molecule has 0 saturated heterocycles. The first-order chi connectivity index (χ1) is 15.2. The van der Waals surface area contributed by atoms with E-state index in [1.54, 1.807) is 12.1 Å². The first kappa shape index (κ1) is 28.3. The number of carbonyl (C=O) groups is 1. The van der Waals surface area contributed by atoms with Gasteiger partial charge in [-0.15, -0.1) is 24.0 Å². The average molecular weight is 570 g/mol. The summed E-state index contributed by atoms with van der Waals surface area (Å²) in [6, 6.07) is 12.9. The molecule has 0 spiro atoms. The van der Waals surface area contributed by atoms with Gasteiger partial charge in [-0.25, -0.2) is 9.79 Å². The summed E-state index contributed by atoms with van der Waals surface area (Å²) in [6.45, 7) is 9.35. The van der Waals surface area contributed by atoms with E-state index in [9.17, 15) is 9.90 Å². The van der Waals surface area contributed by atoms with Crippen LogP contribution in [-0.4, -0.2) is 43.0 Å². The minimum atomic E-state index is -0.533. The molecule has 0 radical (unpaired) electrons. The van der Waals surface area contributed by atoms with Crippen molar-refractivity contribution in [2.45, 2.75) is 46.3 Å². The van der Waals surface area contributed by atoms with E-state index in [0.29, 0.717) is 30.5 Å². The van der Waals surface area contributed by atoms with Gasteiger partial charge in [-0.1, -0.05) is 18.2 Å². The molecular weight excluding hydrogens is 535 g/mol. The van der Waals surface area contributed by atoms with Gasteiger partial charge in [0, 0.05) is 18.8 Å². The van der Waals surface area contributed by atoms with Crippen LogP contribution in [0.1, 0.15) is 38.8 Å². The Balaban J connectivity index is 0.00000544. The molecule has 0 unspecified atom stereocenters. The van der Waals surface area contributed by atoms with E-state index in [2.05, 4.69) is 20.9 Å². The number of amides is 1. The number of methoxy groups -OCH3 is 1. The summed E-state index contributed by atoms with van der Waals surface area (Å²) < 4.78 is 10.3. The normalized spacial score (nSPS) is 11.2. The lowest BCUT2D eigenvalue weighted by Crippen LogP contribution is -2.38. The Kier molecular flexibility index (Phi) is 11.8. The van der Waals surface area contributed by atoms with Gasteiger partial charge in [-0.05, 0) is 69.5 Å². The summed E-state index contributed by atoms with van der Waals surface area (Å²) in [5.41, 5.74) is 2.17. The van der Waals surface area contributed by atoms with Crippen LogP contribution >= 0.6 is 24.0 Å². The Morgan fingerprint density at radius 3 is 2.30 bits per heavy atom. The van der Waals surface area contributed by atoms with Gasteiger partial charge >= 0.3 is 6.09 Å². The lowest BCUT2D eigenvalue weighted by Gasteiger charge is -2.19. The number of carbonyl (C=O) groups excluding carboxylic acids is 1. The molecule has 0 aliphatic rings. The summed E-state index contributed by atoms with van der Waals surface area (Å²) in [5, 5.41) is 19.2. The number of nitrogens with zero attached hydrogens (tertiary/aromatic N) is 1. The number of aromatic hydroxyl groups is 1. The molecule has 0 fully saturated rings. The van der Waals surface area contributed by atoms with Crippen molar-refractivity contribution in [2.75, 3.05) is 25.5 Å². The Bertz CT molecular complexity index is 912. The maximum Gasteiger partial charge on any atom is 0.412 e. The highest BCUT2D eigenvalue weighted by atomic mass is 127. The highest BCUT2D eigenvalue weighted by Gasteiger charge is 2.16. The van der Waals surface area contributed by atoms with Crippen LogP contribution in [0.5, 0.6) is 11.5 Å². The number of benzene rings is 2. The molecule has 2 aromatic rings. The van der Waals surface area contributed by atoms with Crippen molar-refractivity contribution >= 4 is 41.7 Å². The van der Waals surface area contributed by atoms with Crippen LogP contribution in [0.15, 0.2) is 47.5 Å². The van der Waals surface area contributed by atoms with Gasteiger partial charge in [0.1, 0.15) is 5.60 Å². The molecule has 0 bridgehead atoms. The number of rotatable bonds is 8. The highest BCUT2D eigenvalue weighted by Crippen LogP contribution is 2.26. The number of guanidine groups is 1. The fourth-order valence-corrected chi connectivity index (χ4v) is 2.85. The smallest absolute Gasteiger partial charge is 0.412 e. The third-order valence-electron chi connectivity index (χ3n) is 4.31. The van der Waals surface area contributed by atoms with E-state index in [-0.39, 0.29) is 29.7 Å². The lowest BCUT2D eigenvalue weighted by atomic mass is 10.1. The monoisotopic (exact) mass is 570 g/mol. The Hall–Kier alpha value is -2.69. The Labute approximate surface area is 213 Å². The van der Waals surface area contributed by atoms with Crippen molar-refractivity contribution in [1.29, 1.82) is 0 Å². The third kappa shape index (κ3) is 10.6. The summed E-state index contributed by atoms with van der Waals surface area (Å²) in [5.74, 6) is 1.24. The summed E-state index contributed by atoms with van der Waals surface area (Å²) in [4.78, 5) is 16.4. The number of phenols is 1. The van der Waals surface area contributed by atoms with Crippen LogP contribution in [0.2, 0.25) is 0 Å². The van der Waals surface area contributed by atoms with Crippen molar-refractivity contribution in [1.82, 2.24) is 10.6 Å². The molecule has 33 heavy (non-hydrogen) atoms. The molecule has 0 aliphatic carbocycles. The lowest BCUT2D eigenvalue weighted by molar-refractivity contribution is 0.0636. The molecule has 0 aliphatic heterocycles. The third-order valence-corrected chi connectivity index (χ3v) is 4.31. The summed E-state index contributed by atoms with van der Waals surface area (Å²) >= 11 is 0. The van der Waals surface area contributed by atoms with Gasteiger partial charge in [0.05, 0.1) is 13.7 Å². The number of hydrogen-bond acceptors (Lipinski definition) is 5. The SMILES string of the molecule is CCNC(=NCc1ccc(OC)c(O)c1)NCCc1ccc(NC(=O)OC(C)(C)C)cc1.I. The molecule has 0 heterocycles. The van der Waals surface area contributed by atoms with Crippen LogP contribution in [0, 0.1) is 0 Å². The molecule has 2 aromatic carbocycles. The van der Waals surface area contributed by atoms with Crippen LogP contribution in [0.4, 0.5) is 10.5 Å². The molecule has 0 saturated carbocycles. The van der Waals surface area contributed by atoms with Crippen LogP contribution < -0.4 is 20.7 Å². The standard InChI is InChI=1S/C24H34N4O4.HI/c1-6-25-22(27-16-18-9-12-21(31-5)20(29)15-18)26-14-13-17-7-10-19(11-8-17)28-23(30)32-24(2,3)4;/h7-12,15,29H,6,13-14,16H2,1-5H3,(H,28,30)(H2,25,26,27);1H. The number of ether oxygens (including phenoxy) is 2. The van der Waals surface area contributed by atoms with Crippen LogP contribution in [0.3, 0.4) is 0 Å². The largest absolute Gasteiger partial charge is 0.504 e. The molecular formula is C24H35IN4O4. The number of halogens is 1. The van der Waals surface area contributed by atoms with Gasteiger partial charge in [0.2, 0.25) is 0 Å². The van der Waals surface area contributed by atoms with Crippen LogP contribution in [0.25, 0.3) is 0 Å². The van der Waals surface area contributed by atoms with E-state index >= 15 is 0 Å². The molecule has 182 valence electrons. The molecule has 0 atom stereocenters. The van der Waals surface area contributed by atoms with Crippen molar-refractivity contribution in [2.24, 2.45) is 4.99 Å². The van der Waals surface area contributed by atoms with Gasteiger partial charge in [-0.2, -0.15) is 0 Å². The first-order valence-electron chi connectivity index (χ1n) is 10.7. The molecule has 8 nitrogen and oxygen atoms in total. The minimum Gasteiger partial charge on any atom is -0.504 e. The summed E-state index contributed by atoms with van der Waals surface area (Å²) in [6.07, 6.45) is 0.323. The molecule has 2 rings (SSSR count). The van der Waals surface area contributed by atoms with E-state index in [0.717, 1.165) is 24.1 Å². The predicted molar refractivity (Wildman–Crippen MR) is 143 cm³/mol. The predicted octanol–water partition coefficient (Wildman–Crippen LogP) is 4.66. The van der Waals surface area contributed by atoms with E-state index in [1.807, 2.05) is 58.0 Å². The van der Waals surface area contributed by atoms with Crippen molar-refractivity contribution in [3.8, 4) is 11.5 Å². The molecule has 1 amide bonds. The highest BCUT2D eigenvalue weighted by molar-refractivity contribution is 14.0. The number of hydrogen-bond donors (Lipinski definition) is 4. The zero-order chi connectivity index (χ0) is 23.6. The molecule has 9 heteroatoms. The first-order valence-corrected chi connectivity index (χ1v) is 10.7. The van der Waals surface area contributed by atoms with Gasteiger partial charge < -0.3 is 25.2 Å². The zero-order valence-electron chi connectivity index (χ0n) is 19.9. The maximum absolute atomic E-state index is 11.9. The van der Waals surface area contributed by atoms with Gasteiger partial charge in [0.25, 0.3) is 0 Å². The number of nitrogens with one attached hydrogen (secondary N) is 3. The van der Waals surface area contributed by atoms with Gasteiger partial charge in [0.15, 0.2) is 17.5 Å². The van der Waals surface area contributed by atoms with Crippen molar-refractivity contribution < 1.29 is 19.4 Å². The van der Waals surface area contributed by atoms with E-state index < -0.39 is 11.7 Å². The topological polar surface area (TPSA) is 104 Å². The second-order valence-electron chi connectivity index (χ2n) is 8.20. The average Bonchev–Trinajstić information content (AvgIpc) is 2.72. The Morgan fingerprint density at radius 2 is 1.73 bits per heavy atom. The number of aliphatic imine (C=N–C) groups is 1. The van der Waals surface area contributed by atoms with E-state index in [1.165, 1.54) is 7.11 Å². The van der Waals surface area contributed by atoms with Gasteiger partial charge in [-0.3, -0.25) is 5.32 Å². The maximum atomic E-state index is 11.9. The minimum absolute atomic E-state index is 0. The molecule has 4 N–H and O–H groups in total. The number of anilines is 1. The molecule has 0 aromatic heterocycles. The fraction of sp³-hybridized carbons (Fsp3) is 0.417. The fourth-order valence-electron chi connectivity index (χ4n) is 2.85.